The quantitative estimate of drug-likeness (QED) is 0.192. The number of fused-ring (bicyclic) bond motifs is 9. The van der Waals surface area contributed by atoms with Crippen molar-refractivity contribution in [3.8, 4) is 16.8 Å². The lowest BCUT2D eigenvalue weighted by molar-refractivity contribution is 0.668. The molecule has 6 heteroatoms. The summed E-state index contributed by atoms with van der Waals surface area (Å²) in [5, 5.41) is 10.3. The van der Waals surface area contributed by atoms with E-state index in [0.29, 0.717) is 5.84 Å². The zero-order valence-electron chi connectivity index (χ0n) is 30.6. The highest BCUT2D eigenvalue weighted by atomic mass is 16.3. The van der Waals surface area contributed by atoms with Crippen LogP contribution in [0, 0.1) is 0 Å². The van der Waals surface area contributed by atoms with E-state index in [1.165, 1.54) is 10.8 Å². The molecule has 4 heterocycles. The van der Waals surface area contributed by atoms with Crippen molar-refractivity contribution in [3.05, 3.63) is 199 Å². The van der Waals surface area contributed by atoms with Gasteiger partial charge in [0.2, 0.25) is 0 Å². The standard InChI is InChI=1S/C51H32N4O2/c1-3-13-31(14-4-1)49-52-50(32-15-5-2-6-16-32)54-51(53-49)34-26-28-43-38(30-34)47-35(19-11-23-45(47)56-43)33-25-27-44-39(29-33)48-42(22-12-24-46(48)57-44)55-40-20-9-7-17-36(40)37-18-8-10-21-41(37)55/h1-30,49H,(H,52,53,54). The molecule has 0 saturated heterocycles. The van der Waals surface area contributed by atoms with Crippen molar-refractivity contribution in [1.82, 2.24) is 9.88 Å². The number of nitrogens with one attached hydrogen (secondary N) is 1. The lowest BCUT2D eigenvalue weighted by Gasteiger charge is -2.23. The Morgan fingerprint density at radius 1 is 0.456 bits per heavy atom. The summed E-state index contributed by atoms with van der Waals surface area (Å²) in [6, 6.07) is 63.2. The van der Waals surface area contributed by atoms with Gasteiger partial charge in [0.1, 0.15) is 34.3 Å². The third-order valence-electron chi connectivity index (χ3n) is 11.3. The highest BCUT2D eigenvalue weighted by molar-refractivity contribution is 6.19. The van der Waals surface area contributed by atoms with Crippen molar-refractivity contribution in [3.63, 3.8) is 0 Å². The molecule has 0 saturated carbocycles. The molecule has 0 radical (unpaired) electrons. The van der Waals surface area contributed by atoms with Crippen molar-refractivity contribution < 1.29 is 8.83 Å². The van der Waals surface area contributed by atoms with Crippen molar-refractivity contribution in [2.24, 2.45) is 9.98 Å². The number of rotatable bonds is 5. The molecule has 1 unspecified atom stereocenters. The normalized spacial score (nSPS) is 14.5. The molecule has 1 N–H and O–H groups in total. The van der Waals surface area contributed by atoms with Crippen LogP contribution in [0.1, 0.15) is 22.9 Å². The minimum atomic E-state index is -0.287. The number of para-hydroxylation sites is 2. The summed E-state index contributed by atoms with van der Waals surface area (Å²) in [4.78, 5) is 10.1. The molecule has 3 aromatic heterocycles. The smallest absolute Gasteiger partial charge is 0.159 e. The number of benzene rings is 8. The van der Waals surface area contributed by atoms with E-state index in [2.05, 4.69) is 149 Å². The van der Waals surface area contributed by atoms with Gasteiger partial charge in [-0.15, -0.1) is 0 Å². The maximum absolute atomic E-state index is 6.55. The molecular formula is C51H32N4O2. The van der Waals surface area contributed by atoms with E-state index in [1.54, 1.807) is 0 Å². The lowest BCUT2D eigenvalue weighted by atomic mass is 9.97. The van der Waals surface area contributed by atoms with E-state index in [4.69, 9.17) is 18.8 Å². The van der Waals surface area contributed by atoms with Crippen LogP contribution in [-0.2, 0) is 0 Å². The molecule has 0 spiro atoms. The summed E-state index contributed by atoms with van der Waals surface area (Å²) in [7, 11) is 0. The third-order valence-corrected chi connectivity index (χ3v) is 11.3. The summed E-state index contributed by atoms with van der Waals surface area (Å²) in [5.41, 5.74) is 11.9. The highest BCUT2D eigenvalue weighted by Gasteiger charge is 2.23. The van der Waals surface area contributed by atoms with Crippen LogP contribution in [0.2, 0.25) is 0 Å². The van der Waals surface area contributed by atoms with Gasteiger partial charge in [-0.1, -0.05) is 121 Å². The summed E-state index contributed by atoms with van der Waals surface area (Å²) in [5.74, 6) is 1.45. The minimum absolute atomic E-state index is 0.287. The van der Waals surface area contributed by atoms with Crippen molar-refractivity contribution in [2.45, 2.75) is 6.17 Å². The van der Waals surface area contributed by atoms with Crippen LogP contribution < -0.4 is 5.32 Å². The third kappa shape index (κ3) is 4.97. The lowest BCUT2D eigenvalue weighted by Crippen LogP contribution is -2.33. The van der Waals surface area contributed by atoms with Crippen molar-refractivity contribution >= 4 is 77.4 Å². The Labute approximate surface area is 326 Å². The average molecular weight is 733 g/mol. The van der Waals surface area contributed by atoms with Crippen molar-refractivity contribution in [1.29, 1.82) is 0 Å². The molecule has 57 heavy (non-hydrogen) atoms. The first-order valence-electron chi connectivity index (χ1n) is 19.2. The van der Waals surface area contributed by atoms with Crippen LogP contribution in [0.3, 0.4) is 0 Å². The molecular weight excluding hydrogens is 701 g/mol. The van der Waals surface area contributed by atoms with E-state index < -0.39 is 0 Å². The van der Waals surface area contributed by atoms with Crippen LogP contribution in [0.4, 0.5) is 0 Å². The molecule has 11 aromatic rings. The molecule has 12 rings (SSSR count). The average Bonchev–Trinajstić information content (AvgIpc) is 3.96. The van der Waals surface area contributed by atoms with E-state index in [-0.39, 0.29) is 6.17 Å². The topological polar surface area (TPSA) is 68.0 Å². The van der Waals surface area contributed by atoms with E-state index in [0.717, 1.165) is 94.3 Å². The molecule has 0 bridgehead atoms. The molecule has 1 atom stereocenters. The van der Waals surface area contributed by atoms with Gasteiger partial charge >= 0.3 is 0 Å². The van der Waals surface area contributed by atoms with Gasteiger partial charge in [-0.2, -0.15) is 0 Å². The zero-order chi connectivity index (χ0) is 37.5. The second-order valence-electron chi connectivity index (χ2n) is 14.6. The van der Waals surface area contributed by atoms with E-state index >= 15 is 0 Å². The minimum Gasteiger partial charge on any atom is -0.456 e. The summed E-state index contributed by atoms with van der Waals surface area (Å²) in [6.07, 6.45) is -0.287. The zero-order valence-corrected chi connectivity index (χ0v) is 30.6. The maximum atomic E-state index is 6.55. The number of aliphatic imine (C=N–C) groups is 2. The van der Waals surface area contributed by atoms with Crippen LogP contribution in [-0.4, -0.2) is 16.2 Å². The highest BCUT2D eigenvalue weighted by Crippen LogP contribution is 2.42. The number of furan rings is 2. The van der Waals surface area contributed by atoms with Crippen LogP contribution in [0.15, 0.2) is 201 Å². The van der Waals surface area contributed by atoms with E-state index in [1.807, 2.05) is 42.5 Å². The summed E-state index contributed by atoms with van der Waals surface area (Å²) < 4.78 is 15.4. The largest absolute Gasteiger partial charge is 0.456 e. The van der Waals surface area contributed by atoms with Crippen LogP contribution >= 0.6 is 0 Å². The first-order chi connectivity index (χ1) is 28.2. The number of amidine groups is 2. The fourth-order valence-electron chi connectivity index (χ4n) is 8.68. The summed E-state index contributed by atoms with van der Waals surface area (Å²) >= 11 is 0. The maximum Gasteiger partial charge on any atom is 0.159 e. The predicted molar refractivity (Wildman–Crippen MR) is 233 cm³/mol. The molecule has 6 nitrogen and oxygen atoms in total. The second kappa shape index (κ2) is 12.4. The van der Waals surface area contributed by atoms with Gasteiger partial charge in [-0.25, -0.2) is 9.98 Å². The van der Waals surface area contributed by atoms with E-state index in [9.17, 15) is 0 Å². The molecule has 268 valence electrons. The number of nitrogens with zero attached hydrogens (tertiary/aromatic N) is 3. The molecule has 0 aliphatic carbocycles. The molecule has 1 aliphatic rings. The van der Waals surface area contributed by atoms with Gasteiger partial charge in [0.15, 0.2) is 5.84 Å². The van der Waals surface area contributed by atoms with Gasteiger partial charge < -0.3 is 18.7 Å². The predicted octanol–water partition coefficient (Wildman–Crippen LogP) is 12.7. The number of hydrogen-bond donors (Lipinski definition) is 1. The number of aromatic nitrogens is 1. The molecule has 8 aromatic carbocycles. The molecule has 1 aliphatic heterocycles. The Kier molecular flexibility index (Phi) is 6.89. The Balaban J connectivity index is 1.03. The first-order valence-corrected chi connectivity index (χ1v) is 19.2. The van der Waals surface area contributed by atoms with Crippen LogP contribution in [0.5, 0.6) is 0 Å². The first kappa shape index (κ1) is 31.6. The Morgan fingerprint density at radius 3 is 1.79 bits per heavy atom. The monoisotopic (exact) mass is 732 g/mol. The van der Waals surface area contributed by atoms with Crippen LogP contribution in [0.25, 0.3) is 82.5 Å². The van der Waals surface area contributed by atoms with Gasteiger partial charge in [-0.3, -0.25) is 0 Å². The molecule has 0 amide bonds. The SMILES string of the molecule is c1ccc(C2=NC(c3ccccc3)NC(c3ccc4oc5cccc(-c6ccc7oc8cccc(-n9c%10ccccc%10c%10ccccc%109)c8c7c6)c5c4c3)=N2)cc1. The Morgan fingerprint density at radius 2 is 1.05 bits per heavy atom. The Bertz CT molecular complexity index is 3390. The number of hydrogen-bond acceptors (Lipinski definition) is 5. The second-order valence-corrected chi connectivity index (χ2v) is 14.6. The summed E-state index contributed by atoms with van der Waals surface area (Å²) in [6.45, 7) is 0. The van der Waals surface area contributed by atoms with Gasteiger partial charge in [0.25, 0.3) is 0 Å². The van der Waals surface area contributed by atoms with Crippen molar-refractivity contribution in [2.75, 3.05) is 0 Å². The molecule has 0 fully saturated rings. The fourth-order valence-corrected chi connectivity index (χ4v) is 8.68. The fraction of sp³-hybridized carbons (Fsp3) is 0.0196. The Hall–Kier alpha value is -7.70. The van der Waals surface area contributed by atoms with Gasteiger partial charge in [-0.05, 0) is 77.4 Å². The van der Waals surface area contributed by atoms with Gasteiger partial charge in [0.05, 0.1) is 22.1 Å². The van der Waals surface area contributed by atoms with Gasteiger partial charge in [0, 0.05) is 38.1 Å².